The van der Waals surface area contributed by atoms with E-state index in [0.29, 0.717) is 12.8 Å². The van der Waals surface area contributed by atoms with Crippen molar-refractivity contribution in [1.29, 1.82) is 0 Å². The van der Waals surface area contributed by atoms with Crippen molar-refractivity contribution in [1.82, 2.24) is 0 Å². The third-order valence-corrected chi connectivity index (χ3v) is 3.11. The largest absolute Gasteiger partial charge is 0.508 e. The van der Waals surface area contributed by atoms with E-state index < -0.39 is 36.8 Å². The van der Waals surface area contributed by atoms with Crippen molar-refractivity contribution in [2.75, 3.05) is 53.9 Å². The zero-order chi connectivity index (χ0) is 24.8. The van der Waals surface area contributed by atoms with E-state index in [2.05, 4.69) is 37.9 Å². The summed E-state index contributed by atoms with van der Waals surface area (Å²) in [6, 6.07) is 0. The fourth-order valence-electron chi connectivity index (χ4n) is 1.27. The third kappa shape index (κ3) is 29.2. The van der Waals surface area contributed by atoms with Crippen molar-refractivity contribution in [3.8, 4) is 0 Å². The van der Waals surface area contributed by atoms with Gasteiger partial charge in [-0.1, -0.05) is 13.8 Å². The van der Waals surface area contributed by atoms with Crippen LogP contribution < -0.4 is 0 Å². The molecule has 16 heteroatoms. The van der Waals surface area contributed by atoms with Crippen molar-refractivity contribution in [3.05, 3.63) is 0 Å². The molecule has 14 nitrogen and oxygen atoms in total. The molecule has 0 saturated heterocycles. The van der Waals surface area contributed by atoms with Crippen molar-refractivity contribution in [3.63, 3.8) is 0 Å². The first-order valence-corrected chi connectivity index (χ1v) is 9.56. The van der Waals surface area contributed by atoms with E-state index in [0.717, 1.165) is 0 Å². The Bertz CT molecular complexity index is 489. The van der Waals surface area contributed by atoms with E-state index in [4.69, 9.17) is 10.2 Å². The predicted molar refractivity (Wildman–Crippen MR) is 104 cm³/mol. The summed E-state index contributed by atoms with van der Waals surface area (Å²) in [7, 11) is 2.34. The molecule has 0 aromatic carbocycles. The molecule has 0 aromatic rings. The fourth-order valence-corrected chi connectivity index (χ4v) is 1.27. The maximum Gasteiger partial charge on any atom is 0.508 e. The van der Waals surface area contributed by atoms with Crippen LogP contribution in [0.15, 0.2) is 0 Å². The summed E-state index contributed by atoms with van der Waals surface area (Å²) >= 11 is 0. The van der Waals surface area contributed by atoms with Gasteiger partial charge in [0.05, 0.1) is 26.4 Å². The summed E-state index contributed by atoms with van der Waals surface area (Å²) in [5.74, 6) is 0. The molecule has 0 rings (SSSR count). The van der Waals surface area contributed by atoms with Gasteiger partial charge in [-0.25, -0.2) is 19.2 Å². The van der Waals surface area contributed by atoms with Crippen LogP contribution in [0.1, 0.15) is 26.7 Å². The van der Waals surface area contributed by atoms with Gasteiger partial charge >= 0.3 is 24.6 Å². The summed E-state index contributed by atoms with van der Waals surface area (Å²) in [4.78, 5) is 42.6. The van der Waals surface area contributed by atoms with Gasteiger partial charge in [0, 0.05) is 65.4 Å². The summed E-state index contributed by atoms with van der Waals surface area (Å²) in [6.45, 7) is 2.79. The first kappa shape index (κ1) is 40.4. The molecule has 0 bridgehead atoms. The van der Waals surface area contributed by atoms with Crippen molar-refractivity contribution >= 4 is 24.6 Å². The second-order valence-corrected chi connectivity index (χ2v) is 5.55. The number of aliphatic hydroxyl groups is 2. The van der Waals surface area contributed by atoms with E-state index >= 15 is 0 Å². The van der Waals surface area contributed by atoms with Crippen molar-refractivity contribution < 1.29 is 133 Å². The summed E-state index contributed by atoms with van der Waals surface area (Å²) < 4.78 is 35.4. The van der Waals surface area contributed by atoms with Crippen LogP contribution in [0.5, 0.6) is 0 Å². The molecule has 2 atom stereocenters. The minimum atomic E-state index is -0.916. The molecule has 194 valence electrons. The number of carbonyl (C=O) groups excluding carboxylic acids is 4. The molecular weight excluding hydrogens is 618 g/mol. The first-order valence-electron chi connectivity index (χ1n) is 9.56. The van der Waals surface area contributed by atoms with Crippen LogP contribution in [-0.4, -0.2) is 101 Å². The molecule has 0 saturated carbocycles. The zero-order valence-electron chi connectivity index (χ0n) is 19.8. The van der Waals surface area contributed by atoms with E-state index in [1.165, 1.54) is 14.2 Å². The first-order chi connectivity index (χ1) is 15.2. The van der Waals surface area contributed by atoms with Gasteiger partial charge in [0.1, 0.15) is 39.6 Å². The van der Waals surface area contributed by atoms with Gasteiger partial charge < -0.3 is 48.1 Å². The maximum absolute atomic E-state index is 10.9. The Labute approximate surface area is 248 Å². The molecule has 2 unspecified atom stereocenters. The van der Waals surface area contributed by atoms with Crippen LogP contribution >= 0.6 is 0 Å². The second-order valence-electron chi connectivity index (χ2n) is 5.55. The molecule has 0 fully saturated rings. The van der Waals surface area contributed by atoms with E-state index in [9.17, 15) is 19.2 Å². The smallest absolute Gasteiger partial charge is 0.438 e. The van der Waals surface area contributed by atoms with E-state index in [-0.39, 0.29) is 105 Å². The number of carbonyl (C=O) groups is 4. The molecule has 0 spiro atoms. The molecule has 34 heavy (non-hydrogen) atoms. The Morgan fingerprint density at radius 3 is 1.06 bits per heavy atom. The van der Waals surface area contributed by atoms with Gasteiger partial charge in [0.2, 0.25) is 0 Å². The third-order valence-electron chi connectivity index (χ3n) is 3.11. The Morgan fingerprint density at radius 2 is 0.824 bits per heavy atom. The van der Waals surface area contributed by atoms with Gasteiger partial charge in [-0.3, -0.25) is 0 Å². The Hall–Kier alpha value is -0.792. The predicted octanol–water partition coefficient (Wildman–Crippen LogP) is 1.38. The van der Waals surface area contributed by atoms with Crippen LogP contribution in [0, 0.1) is 0 Å². The Kier molecular flexibility index (Phi) is 33.8. The monoisotopic (exact) mass is 650 g/mol. The average molecular weight is 650 g/mol. The minimum absolute atomic E-state index is 0. The molecule has 0 aromatic heterocycles. The molecule has 0 aliphatic heterocycles. The molecule has 2 N–H and O–H groups in total. The van der Waals surface area contributed by atoms with E-state index in [1.807, 2.05) is 0 Å². The van der Waals surface area contributed by atoms with Crippen LogP contribution in [0.4, 0.5) is 19.2 Å². The molecule has 2 radical (unpaired) electrons. The summed E-state index contributed by atoms with van der Waals surface area (Å²) in [5.41, 5.74) is 0. The van der Waals surface area contributed by atoms with E-state index in [1.54, 1.807) is 13.8 Å². The fraction of sp³-hybridized carbons (Fsp3) is 0.778. The second kappa shape index (κ2) is 28.4. The topological polar surface area (TPSA) is 183 Å². The minimum Gasteiger partial charge on any atom is -0.438 e. The average Bonchev–Trinajstić information content (AvgIpc) is 2.81. The van der Waals surface area contributed by atoms with Crippen LogP contribution in [0.25, 0.3) is 0 Å². The number of methoxy groups -OCH3 is 2. The van der Waals surface area contributed by atoms with Gasteiger partial charge in [0.25, 0.3) is 0 Å². The van der Waals surface area contributed by atoms with Gasteiger partial charge in [-0.05, 0) is 12.8 Å². The molecular formula is C18H32O14Y2. The van der Waals surface area contributed by atoms with Crippen LogP contribution in [0.2, 0.25) is 0 Å². The molecule has 0 aliphatic carbocycles. The van der Waals surface area contributed by atoms with Crippen molar-refractivity contribution in [2.45, 2.75) is 38.9 Å². The van der Waals surface area contributed by atoms with Crippen molar-refractivity contribution in [2.24, 2.45) is 0 Å². The Morgan fingerprint density at radius 1 is 0.559 bits per heavy atom. The quantitative estimate of drug-likeness (QED) is 0.176. The van der Waals surface area contributed by atoms with Crippen LogP contribution in [0.3, 0.4) is 0 Å². The van der Waals surface area contributed by atoms with Crippen LogP contribution in [-0.2, 0) is 103 Å². The number of ether oxygens (including phenoxy) is 8. The summed E-state index contributed by atoms with van der Waals surface area (Å²) in [5, 5.41) is 18.1. The molecule has 0 aliphatic rings. The zero-order valence-corrected chi connectivity index (χ0v) is 25.4. The normalized spacial score (nSPS) is 10.8. The van der Waals surface area contributed by atoms with Gasteiger partial charge in [0.15, 0.2) is 0 Å². The standard InChI is InChI=1S/2C9H16O7.2Y/c2*1-3-7(10)6-16-9(12)15-5-4-14-8(11)13-2;;/h2*7,10H,3-6H2,1-2H3;;. The number of hydrogen-bond acceptors (Lipinski definition) is 14. The summed E-state index contributed by atoms with van der Waals surface area (Å²) in [6.07, 6.45) is -3.95. The Balaban J connectivity index is -0.000000250. The number of aliphatic hydroxyl groups excluding tert-OH is 2. The molecule has 0 amide bonds. The van der Waals surface area contributed by atoms with Gasteiger partial charge in [-0.15, -0.1) is 0 Å². The number of hydrogen-bond donors (Lipinski definition) is 2. The SMILES string of the molecule is CCC(O)COC(=O)OCCOC(=O)OC.CCC(O)COC(=O)OCCOC(=O)OC.[Y].[Y]. The molecule has 0 heterocycles. The number of rotatable bonds is 12. The van der Waals surface area contributed by atoms with Gasteiger partial charge in [-0.2, -0.15) is 0 Å². The maximum atomic E-state index is 10.9.